The van der Waals surface area contributed by atoms with Crippen molar-refractivity contribution in [2.45, 2.75) is 12.7 Å². The van der Waals surface area contributed by atoms with Crippen LogP contribution in [0.25, 0.3) is 10.6 Å². The van der Waals surface area contributed by atoms with Gasteiger partial charge >= 0.3 is 6.18 Å². The number of hydrogen-bond acceptors (Lipinski definition) is 6. The lowest BCUT2D eigenvalue weighted by Gasteiger charge is -2.34. The summed E-state index contributed by atoms with van der Waals surface area (Å²) in [6.45, 7) is 1.84. The van der Waals surface area contributed by atoms with Crippen molar-refractivity contribution >= 4 is 17.2 Å². The summed E-state index contributed by atoms with van der Waals surface area (Å²) in [5, 5.41) is 3.05. The van der Waals surface area contributed by atoms with Crippen LogP contribution in [0.5, 0.6) is 5.88 Å². The highest BCUT2D eigenvalue weighted by Crippen LogP contribution is 2.24. The van der Waals surface area contributed by atoms with Gasteiger partial charge in [0.25, 0.3) is 5.91 Å². The van der Waals surface area contributed by atoms with Crippen molar-refractivity contribution < 1.29 is 22.7 Å². The SMILES string of the molecule is O=C(c1ccc(OCC(F)(F)F)nc1)N1CCN(Cc2csc(-c3ccccc3)n2)CC1. The van der Waals surface area contributed by atoms with Gasteiger partial charge in [-0.3, -0.25) is 9.69 Å². The topological polar surface area (TPSA) is 58.6 Å². The van der Waals surface area contributed by atoms with E-state index in [-0.39, 0.29) is 11.8 Å². The van der Waals surface area contributed by atoms with Crippen molar-refractivity contribution in [2.75, 3.05) is 32.8 Å². The quantitative estimate of drug-likeness (QED) is 0.552. The highest BCUT2D eigenvalue weighted by molar-refractivity contribution is 7.13. The highest BCUT2D eigenvalue weighted by atomic mass is 32.1. The lowest BCUT2D eigenvalue weighted by atomic mass is 10.2. The molecule has 4 rings (SSSR count). The molecular formula is C22H21F3N4O2S. The lowest BCUT2D eigenvalue weighted by Crippen LogP contribution is -2.48. The van der Waals surface area contributed by atoms with Gasteiger partial charge in [-0.05, 0) is 6.07 Å². The Morgan fingerprint density at radius 2 is 1.81 bits per heavy atom. The second-order valence-corrected chi connectivity index (χ2v) is 8.23. The molecule has 1 aromatic carbocycles. The first kappa shape index (κ1) is 22.2. The zero-order chi connectivity index (χ0) is 22.6. The van der Waals surface area contributed by atoms with E-state index in [9.17, 15) is 18.0 Å². The fourth-order valence-corrected chi connectivity index (χ4v) is 4.18. The van der Waals surface area contributed by atoms with Gasteiger partial charge in [0.1, 0.15) is 5.01 Å². The fraction of sp³-hybridized carbons (Fsp3) is 0.318. The van der Waals surface area contributed by atoms with Gasteiger partial charge < -0.3 is 9.64 Å². The smallest absolute Gasteiger partial charge is 0.422 e. The average Bonchev–Trinajstić information content (AvgIpc) is 3.27. The molecule has 1 aliphatic heterocycles. The van der Waals surface area contributed by atoms with E-state index >= 15 is 0 Å². The van der Waals surface area contributed by atoms with Crippen LogP contribution in [-0.2, 0) is 6.54 Å². The second kappa shape index (κ2) is 9.66. The Morgan fingerprint density at radius 1 is 1.06 bits per heavy atom. The molecule has 0 atom stereocenters. The molecule has 0 spiro atoms. The Kier molecular flexibility index (Phi) is 6.71. The molecule has 1 fully saturated rings. The summed E-state index contributed by atoms with van der Waals surface area (Å²) in [6.07, 6.45) is -3.18. The number of rotatable bonds is 6. The Labute approximate surface area is 187 Å². The number of pyridine rings is 1. The number of halogens is 3. The maximum atomic E-state index is 12.7. The number of amides is 1. The molecule has 10 heteroatoms. The van der Waals surface area contributed by atoms with Gasteiger partial charge in [-0.15, -0.1) is 11.3 Å². The van der Waals surface area contributed by atoms with Crippen LogP contribution in [0.3, 0.4) is 0 Å². The van der Waals surface area contributed by atoms with Crippen molar-refractivity contribution in [3.8, 4) is 16.5 Å². The molecule has 0 saturated carbocycles. The van der Waals surface area contributed by atoms with E-state index in [1.807, 2.05) is 30.3 Å². The largest absolute Gasteiger partial charge is 0.468 e. The Bertz CT molecular complexity index is 1030. The van der Waals surface area contributed by atoms with Crippen LogP contribution in [-0.4, -0.2) is 64.6 Å². The summed E-state index contributed by atoms with van der Waals surface area (Å²) in [7, 11) is 0. The minimum Gasteiger partial charge on any atom is -0.468 e. The van der Waals surface area contributed by atoms with E-state index in [0.717, 1.165) is 22.8 Å². The van der Waals surface area contributed by atoms with Crippen LogP contribution in [0.15, 0.2) is 54.0 Å². The molecule has 32 heavy (non-hydrogen) atoms. The predicted octanol–water partition coefficient (Wildman–Crippen LogP) is 4.10. The summed E-state index contributed by atoms with van der Waals surface area (Å²) in [5.41, 5.74) is 2.43. The normalized spacial score (nSPS) is 15.0. The van der Waals surface area contributed by atoms with Crippen LogP contribution in [0.1, 0.15) is 16.1 Å². The van der Waals surface area contributed by atoms with Gasteiger partial charge in [-0.25, -0.2) is 9.97 Å². The summed E-state index contributed by atoms with van der Waals surface area (Å²) >= 11 is 1.62. The molecule has 6 nitrogen and oxygen atoms in total. The van der Waals surface area contributed by atoms with Crippen molar-refractivity contribution in [1.29, 1.82) is 0 Å². The third-order valence-electron chi connectivity index (χ3n) is 4.98. The first-order valence-electron chi connectivity index (χ1n) is 10.0. The zero-order valence-electron chi connectivity index (χ0n) is 17.1. The van der Waals surface area contributed by atoms with Crippen LogP contribution in [0.2, 0.25) is 0 Å². The number of alkyl halides is 3. The summed E-state index contributed by atoms with van der Waals surface area (Å²) < 4.78 is 41.2. The first-order chi connectivity index (χ1) is 15.4. The van der Waals surface area contributed by atoms with Gasteiger partial charge in [-0.1, -0.05) is 30.3 Å². The molecule has 168 valence electrons. The number of carbonyl (C=O) groups is 1. The summed E-state index contributed by atoms with van der Waals surface area (Å²) in [5.74, 6) is -0.360. The molecule has 1 saturated heterocycles. The minimum absolute atomic E-state index is 0.165. The number of aromatic nitrogens is 2. The minimum atomic E-state index is -4.43. The van der Waals surface area contributed by atoms with Gasteiger partial charge in [0.05, 0.1) is 11.3 Å². The molecule has 2 aromatic heterocycles. The monoisotopic (exact) mass is 462 g/mol. The summed E-state index contributed by atoms with van der Waals surface area (Å²) in [4.78, 5) is 25.2. The van der Waals surface area contributed by atoms with Gasteiger partial charge in [-0.2, -0.15) is 13.2 Å². The molecule has 3 heterocycles. The standard InChI is InChI=1S/C22H21F3N4O2S/c23-22(24,25)15-31-19-7-6-17(12-26-19)21(30)29-10-8-28(9-11-29)13-18-14-32-20(27-18)16-4-2-1-3-5-16/h1-7,12,14H,8-11,13,15H2. The maximum Gasteiger partial charge on any atom is 0.422 e. The number of ether oxygens (including phenoxy) is 1. The molecule has 0 radical (unpaired) electrons. The third-order valence-corrected chi connectivity index (χ3v) is 5.92. The van der Waals surface area contributed by atoms with Crippen LogP contribution in [0, 0.1) is 0 Å². The molecule has 0 bridgehead atoms. The van der Waals surface area contributed by atoms with Crippen LogP contribution < -0.4 is 4.74 Å². The highest BCUT2D eigenvalue weighted by Gasteiger charge is 2.29. The fourth-order valence-electron chi connectivity index (χ4n) is 3.36. The molecule has 0 N–H and O–H groups in total. The van der Waals surface area contributed by atoms with Crippen molar-refractivity contribution in [3.63, 3.8) is 0 Å². The Morgan fingerprint density at radius 3 is 2.47 bits per heavy atom. The molecule has 0 unspecified atom stereocenters. The van der Waals surface area contributed by atoms with Crippen molar-refractivity contribution in [1.82, 2.24) is 19.8 Å². The maximum absolute atomic E-state index is 12.7. The van der Waals surface area contributed by atoms with Crippen molar-refractivity contribution in [3.05, 3.63) is 65.3 Å². The zero-order valence-corrected chi connectivity index (χ0v) is 17.9. The number of hydrogen-bond donors (Lipinski definition) is 0. The average molecular weight is 462 g/mol. The van der Waals surface area contributed by atoms with Gasteiger partial charge in [0.15, 0.2) is 6.61 Å². The Hall–Kier alpha value is -2.98. The molecule has 3 aromatic rings. The van der Waals surface area contributed by atoms with Gasteiger partial charge in [0.2, 0.25) is 5.88 Å². The third kappa shape index (κ3) is 5.83. The number of piperazine rings is 1. The number of carbonyl (C=O) groups excluding carboxylic acids is 1. The predicted molar refractivity (Wildman–Crippen MR) is 115 cm³/mol. The van der Waals surface area contributed by atoms with Crippen LogP contribution in [0.4, 0.5) is 13.2 Å². The lowest BCUT2D eigenvalue weighted by molar-refractivity contribution is -0.154. The van der Waals surface area contributed by atoms with E-state index in [0.29, 0.717) is 31.7 Å². The molecule has 1 amide bonds. The molecule has 1 aliphatic rings. The molecule has 0 aliphatic carbocycles. The van der Waals surface area contributed by atoms with Gasteiger partial charge in [0, 0.05) is 55.9 Å². The molecular weight excluding hydrogens is 441 g/mol. The number of nitrogens with zero attached hydrogens (tertiary/aromatic N) is 4. The number of benzene rings is 1. The van der Waals surface area contributed by atoms with E-state index < -0.39 is 12.8 Å². The van der Waals surface area contributed by atoms with E-state index in [4.69, 9.17) is 4.98 Å². The Balaban J connectivity index is 1.27. The van der Waals surface area contributed by atoms with E-state index in [1.165, 1.54) is 18.3 Å². The number of thiazole rings is 1. The summed E-state index contributed by atoms with van der Waals surface area (Å²) in [6, 6.07) is 12.8. The second-order valence-electron chi connectivity index (χ2n) is 7.37. The van der Waals surface area contributed by atoms with E-state index in [1.54, 1.807) is 16.2 Å². The van der Waals surface area contributed by atoms with Crippen LogP contribution >= 0.6 is 11.3 Å². The first-order valence-corrected chi connectivity index (χ1v) is 10.9. The van der Waals surface area contributed by atoms with Crippen molar-refractivity contribution in [2.24, 2.45) is 0 Å². The van der Waals surface area contributed by atoms with E-state index in [2.05, 4.69) is 20.0 Å².